The fourth-order valence-electron chi connectivity index (χ4n) is 2.49. The summed E-state index contributed by atoms with van der Waals surface area (Å²) in [7, 11) is 0. The van der Waals surface area contributed by atoms with E-state index in [0.717, 1.165) is 17.8 Å². The van der Waals surface area contributed by atoms with Gasteiger partial charge in [0.25, 0.3) is 0 Å². The Hall–Kier alpha value is -0.0400. The molecule has 2 fully saturated rings. The van der Waals surface area contributed by atoms with E-state index >= 15 is 0 Å². The van der Waals surface area contributed by atoms with Gasteiger partial charge in [0.2, 0.25) is 0 Å². The zero-order valence-electron chi connectivity index (χ0n) is 8.89. The lowest BCUT2D eigenvalue weighted by molar-refractivity contribution is 0.247. The maximum absolute atomic E-state index is 3.65. The summed E-state index contributed by atoms with van der Waals surface area (Å²) in [4.78, 5) is 0. The number of hydrogen-bond donors (Lipinski definition) is 1. The molecule has 76 valence electrons. The van der Waals surface area contributed by atoms with E-state index in [-0.39, 0.29) is 0 Å². The van der Waals surface area contributed by atoms with Gasteiger partial charge in [0.15, 0.2) is 0 Å². The molecule has 2 rings (SSSR count). The van der Waals surface area contributed by atoms with Crippen molar-refractivity contribution in [2.75, 3.05) is 13.1 Å². The van der Waals surface area contributed by atoms with Gasteiger partial charge in [0, 0.05) is 0 Å². The molecule has 0 saturated heterocycles. The zero-order valence-corrected chi connectivity index (χ0v) is 8.89. The van der Waals surface area contributed by atoms with Crippen LogP contribution in [0.25, 0.3) is 0 Å². The molecule has 0 amide bonds. The Labute approximate surface area is 82.3 Å². The topological polar surface area (TPSA) is 12.0 Å². The van der Waals surface area contributed by atoms with Gasteiger partial charge < -0.3 is 5.32 Å². The Balaban J connectivity index is 1.60. The lowest BCUT2D eigenvalue weighted by atomic mass is 9.80. The van der Waals surface area contributed by atoms with Crippen LogP contribution < -0.4 is 5.32 Å². The molecule has 2 atom stereocenters. The van der Waals surface area contributed by atoms with Crippen LogP contribution in [0.5, 0.6) is 0 Å². The first kappa shape index (κ1) is 9.51. The molecular formula is C12H23N. The van der Waals surface area contributed by atoms with Crippen molar-refractivity contribution in [3.05, 3.63) is 0 Å². The maximum atomic E-state index is 3.65. The maximum Gasteiger partial charge on any atom is -0.00179 e. The highest BCUT2D eigenvalue weighted by Gasteiger charge is 2.23. The Kier molecular flexibility index (Phi) is 3.26. The normalized spacial score (nSPS) is 34.8. The predicted octanol–water partition coefficient (Wildman–Crippen LogP) is 2.81. The third-order valence-electron chi connectivity index (χ3n) is 3.83. The SMILES string of the molecule is CC1CCCCC1CNCC1CC1. The molecule has 0 aromatic carbocycles. The van der Waals surface area contributed by atoms with Crippen LogP contribution in [-0.4, -0.2) is 13.1 Å². The van der Waals surface area contributed by atoms with Crippen molar-refractivity contribution in [3.63, 3.8) is 0 Å². The molecule has 2 aliphatic carbocycles. The lowest BCUT2D eigenvalue weighted by Crippen LogP contribution is -2.30. The summed E-state index contributed by atoms with van der Waals surface area (Å²) in [6.45, 7) is 5.02. The fourth-order valence-corrected chi connectivity index (χ4v) is 2.49. The van der Waals surface area contributed by atoms with E-state index in [1.54, 1.807) is 0 Å². The summed E-state index contributed by atoms with van der Waals surface area (Å²) in [5.41, 5.74) is 0. The van der Waals surface area contributed by atoms with Crippen molar-refractivity contribution >= 4 is 0 Å². The van der Waals surface area contributed by atoms with E-state index in [1.807, 2.05) is 0 Å². The molecule has 2 aliphatic rings. The van der Waals surface area contributed by atoms with Gasteiger partial charge in [-0.15, -0.1) is 0 Å². The van der Waals surface area contributed by atoms with Crippen LogP contribution >= 0.6 is 0 Å². The largest absolute Gasteiger partial charge is 0.316 e. The van der Waals surface area contributed by atoms with E-state index in [4.69, 9.17) is 0 Å². The quantitative estimate of drug-likeness (QED) is 0.703. The first-order valence-electron chi connectivity index (χ1n) is 6.07. The Morgan fingerprint density at radius 3 is 2.46 bits per heavy atom. The third kappa shape index (κ3) is 2.98. The minimum Gasteiger partial charge on any atom is -0.316 e. The number of nitrogens with one attached hydrogen (secondary N) is 1. The molecular weight excluding hydrogens is 158 g/mol. The standard InChI is InChI=1S/C12H23N/c1-10-4-2-3-5-12(10)9-13-8-11-6-7-11/h10-13H,2-9H2,1H3. The van der Waals surface area contributed by atoms with Crippen molar-refractivity contribution in [3.8, 4) is 0 Å². The van der Waals surface area contributed by atoms with Crippen LogP contribution in [0.2, 0.25) is 0 Å². The minimum absolute atomic E-state index is 0.973. The van der Waals surface area contributed by atoms with Gasteiger partial charge in [-0.1, -0.05) is 26.2 Å². The molecule has 0 radical (unpaired) electrons. The highest BCUT2D eigenvalue weighted by atomic mass is 14.9. The second kappa shape index (κ2) is 4.45. The molecule has 0 bridgehead atoms. The minimum atomic E-state index is 0.973. The van der Waals surface area contributed by atoms with Gasteiger partial charge >= 0.3 is 0 Å². The van der Waals surface area contributed by atoms with Gasteiger partial charge in [-0.25, -0.2) is 0 Å². The average Bonchev–Trinajstić information content (AvgIpc) is 2.92. The highest BCUT2D eigenvalue weighted by molar-refractivity contribution is 4.78. The summed E-state index contributed by atoms with van der Waals surface area (Å²) in [6.07, 6.45) is 8.84. The van der Waals surface area contributed by atoms with Gasteiger partial charge in [-0.05, 0) is 50.1 Å². The van der Waals surface area contributed by atoms with E-state index < -0.39 is 0 Å². The molecule has 0 spiro atoms. The average molecular weight is 181 g/mol. The van der Waals surface area contributed by atoms with Crippen molar-refractivity contribution < 1.29 is 0 Å². The van der Waals surface area contributed by atoms with Crippen LogP contribution in [0.3, 0.4) is 0 Å². The first-order valence-corrected chi connectivity index (χ1v) is 6.07. The van der Waals surface area contributed by atoms with Crippen LogP contribution in [0.15, 0.2) is 0 Å². The van der Waals surface area contributed by atoms with Gasteiger partial charge in [-0.2, -0.15) is 0 Å². The van der Waals surface area contributed by atoms with Gasteiger partial charge in [-0.3, -0.25) is 0 Å². The van der Waals surface area contributed by atoms with Gasteiger partial charge in [0.1, 0.15) is 0 Å². The van der Waals surface area contributed by atoms with E-state index in [1.165, 1.54) is 51.6 Å². The summed E-state index contributed by atoms with van der Waals surface area (Å²) in [5, 5.41) is 3.65. The van der Waals surface area contributed by atoms with Crippen LogP contribution in [0.4, 0.5) is 0 Å². The summed E-state index contributed by atoms with van der Waals surface area (Å²) in [6, 6.07) is 0. The van der Waals surface area contributed by atoms with Crippen molar-refractivity contribution in [2.24, 2.45) is 17.8 Å². The van der Waals surface area contributed by atoms with Crippen molar-refractivity contribution in [1.82, 2.24) is 5.32 Å². The second-order valence-electron chi connectivity index (χ2n) is 5.12. The Morgan fingerprint density at radius 2 is 1.77 bits per heavy atom. The fraction of sp³-hybridized carbons (Fsp3) is 1.00. The van der Waals surface area contributed by atoms with Crippen LogP contribution in [0, 0.1) is 17.8 Å². The Bertz CT molecular complexity index is 151. The molecule has 2 saturated carbocycles. The third-order valence-corrected chi connectivity index (χ3v) is 3.83. The van der Waals surface area contributed by atoms with Crippen molar-refractivity contribution in [2.45, 2.75) is 45.4 Å². The predicted molar refractivity (Wildman–Crippen MR) is 56.7 cm³/mol. The smallest absolute Gasteiger partial charge is 0.00179 e. The molecule has 0 aromatic heterocycles. The summed E-state index contributed by atoms with van der Waals surface area (Å²) in [5.74, 6) is 2.99. The number of rotatable bonds is 4. The molecule has 13 heavy (non-hydrogen) atoms. The Morgan fingerprint density at radius 1 is 1.00 bits per heavy atom. The molecule has 0 heterocycles. The highest BCUT2D eigenvalue weighted by Crippen LogP contribution is 2.30. The lowest BCUT2D eigenvalue weighted by Gasteiger charge is -2.28. The monoisotopic (exact) mass is 181 g/mol. The van der Waals surface area contributed by atoms with E-state index in [9.17, 15) is 0 Å². The van der Waals surface area contributed by atoms with Crippen LogP contribution in [0.1, 0.15) is 45.4 Å². The van der Waals surface area contributed by atoms with Crippen molar-refractivity contribution in [1.29, 1.82) is 0 Å². The molecule has 2 unspecified atom stereocenters. The first-order chi connectivity index (χ1) is 6.36. The summed E-state index contributed by atoms with van der Waals surface area (Å²) >= 11 is 0. The number of hydrogen-bond acceptors (Lipinski definition) is 1. The molecule has 1 nitrogen and oxygen atoms in total. The molecule has 1 heteroatoms. The van der Waals surface area contributed by atoms with Crippen LogP contribution in [-0.2, 0) is 0 Å². The van der Waals surface area contributed by atoms with E-state index in [2.05, 4.69) is 12.2 Å². The van der Waals surface area contributed by atoms with E-state index in [0.29, 0.717) is 0 Å². The second-order valence-corrected chi connectivity index (χ2v) is 5.12. The zero-order chi connectivity index (χ0) is 9.10. The summed E-state index contributed by atoms with van der Waals surface area (Å²) < 4.78 is 0. The molecule has 0 aromatic rings. The molecule has 1 N–H and O–H groups in total. The van der Waals surface area contributed by atoms with Gasteiger partial charge in [0.05, 0.1) is 0 Å². The molecule has 0 aliphatic heterocycles.